The molecule has 1 amide bonds. The first-order valence-corrected chi connectivity index (χ1v) is 13.9. The molecule has 6 heteroatoms. The van der Waals surface area contributed by atoms with E-state index in [9.17, 15) is 9.59 Å². The number of anilines is 1. The van der Waals surface area contributed by atoms with Crippen molar-refractivity contribution < 1.29 is 19.1 Å². The number of rotatable bonds is 2. The highest BCUT2D eigenvalue weighted by Gasteiger charge is 2.68. The van der Waals surface area contributed by atoms with Crippen LogP contribution < -0.4 is 10.6 Å². The van der Waals surface area contributed by atoms with E-state index in [1.165, 1.54) is 0 Å². The molecule has 0 bridgehead atoms. The fraction of sp³-hybridized carbons (Fsp3) is 0.581. The number of ketones is 2. The van der Waals surface area contributed by atoms with Gasteiger partial charge in [0.05, 0.1) is 16.8 Å². The first kappa shape index (κ1) is 24.4. The lowest BCUT2D eigenvalue weighted by Gasteiger charge is -2.54. The Bertz CT molecular complexity index is 1320. The van der Waals surface area contributed by atoms with Crippen LogP contribution in [0.5, 0.6) is 0 Å². The molecular formula is C31H38N2O4. The van der Waals surface area contributed by atoms with E-state index in [-0.39, 0.29) is 51.7 Å². The van der Waals surface area contributed by atoms with E-state index in [1.54, 1.807) is 6.92 Å². The molecule has 1 aromatic rings. The highest BCUT2D eigenvalue weighted by atomic mass is 16.5. The van der Waals surface area contributed by atoms with Crippen molar-refractivity contribution in [2.45, 2.75) is 109 Å². The lowest BCUT2D eigenvalue weighted by atomic mass is 9.60. The van der Waals surface area contributed by atoms with Crippen LogP contribution in [0.15, 0.2) is 41.0 Å². The van der Waals surface area contributed by atoms with Crippen LogP contribution in [0, 0.1) is 5.41 Å². The number of nitrogens with two attached hydrogens (primary N) is 1. The Morgan fingerprint density at radius 1 is 1.03 bits per heavy atom. The predicted molar refractivity (Wildman–Crippen MR) is 142 cm³/mol. The summed E-state index contributed by atoms with van der Waals surface area (Å²) in [5.74, 6) is -0.128. The average Bonchev–Trinajstić information content (AvgIpc) is 3.06. The largest absolute Gasteiger partial charge is 0.445 e. The molecule has 6 rings (SSSR count). The van der Waals surface area contributed by atoms with Gasteiger partial charge in [-0.2, -0.15) is 0 Å². The van der Waals surface area contributed by atoms with Gasteiger partial charge in [0, 0.05) is 30.4 Å². The van der Waals surface area contributed by atoms with Crippen LogP contribution in [-0.2, 0) is 30.0 Å². The SMILES string of the molecule is CCC(=O)C1=C(N)OC2=C(C(=O)CC(C)(C)C2)C12C(=O)N1c3c(cccc32)C(C)(C)CC12CCCCC2. The first-order valence-electron chi connectivity index (χ1n) is 13.9. The van der Waals surface area contributed by atoms with E-state index in [1.807, 2.05) is 30.9 Å². The van der Waals surface area contributed by atoms with Gasteiger partial charge in [-0.15, -0.1) is 0 Å². The standard InChI is InChI=1S/C31H38N2O4/c1-6-20(34)24-26(32)37-22-16-28(2,3)15-21(35)23(22)31(24)19-12-10-11-18-25(19)33(27(31)36)30(17-29(18,4)5)13-8-7-9-14-30/h10-12H,6-9,13-17,32H2,1-5H3. The van der Waals surface area contributed by atoms with Crippen molar-refractivity contribution in [3.05, 3.63) is 52.1 Å². The summed E-state index contributed by atoms with van der Waals surface area (Å²) in [6.45, 7) is 10.3. The number of carbonyl (C=O) groups is 3. The number of allylic oxidation sites excluding steroid dienone is 1. The van der Waals surface area contributed by atoms with Crippen molar-refractivity contribution in [3.63, 3.8) is 0 Å². The van der Waals surface area contributed by atoms with Gasteiger partial charge in [0.1, 0.15) is 11.2 Å². The van der Waals surface area contributed by atoms with Crippen LogP contribution in [0.1, 0.15) is 104 Å². The molecule has 3 aliphatic heterocycles. The third-order valence-corrected chi connectivity index (χ3v) is 9.61. The van der Waals surface area contributed by atoms with Gasteiger partial charge in [-0.05, 0) is 35.7 Å². The van der Waals surface area contributed by atoms with Gasteiger partial charge in [0.2, 0.25) is 5.91 Å². The molecule has 0 radical (unpaired) electrons. The van der Waals surface area contributed by atoms with Gasteiger partial charge >= 0.3 is 0 Å². The number of amides is 1. The number of benzene rings is 1. The molecule has 1 saturated carbocycles. The summed E-state index contributed by atoms with van der Waals surface area (Å²) < 4.78 is 6.10. The Morgan fingerprint density at radius 2 is 1.70 bits per heavy atom. The lowest BCUT2D eigenvalue weighted by Crippen LogP contribution is -2.61. The number of carbonyl (C=O) groups excluding carboxylic acids is 3. The second kappa shape index (κ2) is 7.58. The second-order valence-electron chi connectivity index (χ2n) is 13.3. The molecule has 37 heavy (non-hydrogen) atoms. The quantitative estimate of drug-likeness (QED) is 0.579. The van der Waals surface area contributed by atoms with E-state index in [2.05, 4.69) is 19.9 Å². The summed E-state index contributed by atoms with van der Waals surface area (Å²) in [5.41, 5.74) is 7.41. The molecule has 1 atom stereocenters. The highest BCUT2D eigenvalue weighted by molar-refractivity contribution is 6.25. The Morgan fingerprint density at radius 3 is 2.38 bits per heavy atom. The van der Waals surface area contributed by atoms with Crippen LogP contribution in [0.25, 0.3) is 0 Å². The average molecular weight is 503 g/mol. The van der Waals surface area contributed by atoms with Crippen molar-refractivity contribution >= 4 is 23.2 Å². The zero-order valence-corrected chi connectivity index (χ0v) is 22.8. The molecule has 2 aliphatic carbocycles. The van der Waals surface area contributed by atoms with Gasteiger partial charge < -0.3 is 15.4 Å². The van der Waals surface area contributed by atoms with Crippen LogP contribution in [0.2, 0.25) is 0 Å². The van der Waals surface area contributed by atoms with Gasteiger partial charge in [0.25, 0.3) is 0 Å². The summed E-state index contributed by atoms with van der Waals surface area (Å²) in [4.78, 5) is 45.0. The third-order valence-electron chi connectivity index (χ3n) is 9.61. The van der Waals surface area contributed by atoms with E-state index in [0.29, 0.717) is 24.2 Å². The van der Waals surface area contributed by atoms with Crippen LogP contribution in [-0.4, -0.2) is 23.0 Å². The number of hydrogen-bond donors (Lipinski definition) is 1. The molecule has 1 aromatic carbocycles. The Hall–Kier alpha value is -2.89. The molecule has 0 saturated heterocycles. The third kappa shape index (κ3) is 3.01. The first-order chi connectivity index (χ1) is 17.4. The van der Waals surface area contributed by atoms with Crippen molar-refractivity contribution in [1.82, 2.24) is 0 Å². The minimum Gasteiger partial charge on any atom is -0.445 e. The minimum atomic E-state index is -1.55. The van der Waals surface area contributed by atoms with Crippen LogP contribution >= 0.6 is 0 Å². The highest BCUT2D eigenvalue weighted by Crippen LogP contribution is 2.64. The van der Waals surface area contributed by atoms with Crippen molar-refractivity contribution in [2.75, 3.05) is 4.90 Å². The van der Waals surface area contributed by atoms with E-state index >= 15 is 4.79 Å². The maximum Gasteiger partial charge on any atom is 0.247 e. The second-order valence-corrected chi connectivity index (χ2v) is 13.3. The van der Waals surface area contributed by atoms with Crippen molar-refractivity contribution in [3.8, 4) is 0 Å². The van der Waals surface area contributed by atoms with E-state index in [4.69, 9.17) is 10.5 Å². The smallest absolute Gasteiger partial charge is 0.247 e. The van der Waals surface area contributed by atoms with Crippen LogP contribution in [0.4, 0.5) is 5.69 Å². The number of fused-ring (bicyclic) bond motifs is 3. The van der Waals surface area contributed by atoms with Crippen molar-refractivity contribution in [2.24, 2.45) is 11.1 Å². The predicted octanol–water partition coefficient (Wildman–Crippen LogP) is 5.48. The Kier molecular flexibility index (Phi) is 5.01. The Labute approximate surface area is 219 Å². The molecule has 1 fully saturated rings. The summed E-state index contributed by atoms with van der Waals surface area (Å²) >= 11 is 0. The maximum absolute atomic E-state index is 15.2. The molecule has 1 unspecified atom stereocenters. The number of Topliss-reactive ketones (excluding diaryl/α,β-unsaturated/α-hetero) is 2. The summed E-state index contributed by atoms with van der Waals surface area (Å²) in [7, 11) is 0. The fourth-order valence-corrected chi connectivity index (χ4v) is 8.35. The number of hydrogen-bond acceptors (Lipinski definition) is 5. The minimum absolute atomic E-state index is 0.0288. The monoisotopic (exact) mass is 502 g/mol. The zero-order chi connectivity index (χ0) is 26.5. The summed E-state index contributed by atoms with van der Waals surface area (Å²) in [5, 5.41) is 0. The molecule has 196 valence electrons. The molecule has 2 N–H and O–H groups in total. The normalized spacial score (nSPS) is 28.9. The number of nitrogens with zero attached hydrogens (tertiary/aromatic N) is 1. The summed E-state index contributed by atoms with van der Waals surface area (Å²) in [6.07, 6.45) is 6.94. The van der Waals surface area contributed by atoms with E-state index in [0.717, 1.165) is 55.3 Å². The molecular weight excluding hydrogens is 464 g/mol. The summed E-state index contributed by atoms with van der Waals surface area (Å²) in [6, 6.07) is 6.04. The zero-order valence-electron chi connectivity index (χ0n) is 22.8. The molecule has 5 aliphatic rings. The molecule has 6 nitrogen and oxygen atoms in total. The lowest BCUT2D eigenvalue weighted by molar-refractivity contribution is -0.128. The van der Waals surface area contributed by atoms with Gasteiger partial charge in [0.15, 0.2) is 17.4 Å². The van der Waals surface area contributed by atoms with E-state index < -0.39 is 5.41 Å². The fourth-order valence-electron chi connectivity index (χ4n) is 8.35. The maximum atomic E-state index is 15.2. The number of ether oxygens (including phenoxy) is 1. The van der Waals surface area contributed by atoms with Crippen LogP contribution in [0.3, 0.4) is 0 Å². The molecule has 3 heterocycles. The molecule has 2 spiro atoms. The topological polar surface area (TPSA) is 89.7 Å². The van der Waals surface area contributed by atoms with Gasteiger partial charge in [-0.25, -0.2) is 0 Å². The Balaban J connectivity index is 1.73. The van der Waals surface area contributed by atoms with Gasteiger partial charge in [-0.1, -0.05) is 72.1 Å². The van der Waals surface area contributed by atoms with Gasteiger partial charge in [-0.3, -0.25) is 14.4 Å². The number of para-hydroxylation sites is 1. The molecule has 0 aromatic heterocycles. The van der Waals surface area contributed by atoms with Crippen molar-refractivity contribution in [1.29, 1.82) is 0 Å².